The number of aromatic nitrogens is 1. The topological polar surface area (TPSA) is 24.9 Å². The lowest BCUT2D eigenvalue weighted by Crippen LogP contribution is -2.35. The van der Waals surface area contributed by atoms with Crippen molar-refractivity contribution < 1.29 is 0 Å². The van der Waals surface area contributed by atoms with Crippen LogP contribution in [0.15, 0.2) is 0 Å². The van der Waals surface area contributed by atoms with Gasteiger partial charge in [0.15, 0.2) is 0 Å². The minimum absolute atomic E-state index is 0.174. The lowest BCUT2D eigenvalue weighted by molar-refractivity contribution is 0.425. The van der Waals surface area contributed by atoms with E-state index in [2.05, 4.69) is 51.8 Å². The Morgan fingerprint density at radius 2 is 1.94 bits per heavy atom. The first-order valence-corrected chi connectivity index (χ1v) is 6.80. The van der Waals surface area contributed by atoms with Crippen molar-refractivity contribution in [2.24, 2.45) is 5.92 Å². The van der Waals surface area contributed by atoms with Crippen LogP contribution in [0.1, 0.15) is 50.2 Å². The van der Waals surface area contributed by atoms with E-state index >= 15 is 0 Å². The third kappa shape index (κ3) is 4.62. The molecule has 0 saturated heterocycles. The van der Waals surface area contributed by atoms with Gasteiger partial charge in [0.2, 0.25) is 0 Å². The largest absolute Gasteiger partial charge is 0.307 e. The number of nitrogens with one attached hydrogen (secondary N) is 1. The SMILES string of the molecule is Cc1nc(CC(C)C)c(CNC(C)(C)C)s1. The van der Waals surface area contributed by atoms with Crippen molar-refractivity contribution >= 4 is 11.3 Å². The highest BCUT2D eigenvalue weighted by Gasteiger charge is 2.14. The molecule has 0 aliphatic carbocycles. The maximum Gasteiger partial charge on any atom is 0.0900 e. The Hall–Kier alpha value is -0.410. The van der Waals surface area contributed by atoms with Gasteiger partial charge in [-0.15, -0.1) is 11.3 Å². The van der Waals surface area contributed by atoms with E-state index in [0.717, 1.165) is 13.0 Å². The van der Waals surface area contributed by atoms with Crippen LogP contribution in [0, 0.1) is 12.8 Å². The molecule has 0 aromatic carbocycles. The molecule has 0 fully saturated rings. The Kier molecular flexibility index (Phi) is 4.51. The van der Waals surface area contributed by atoms with Gasteiger partial charge < -0.3 is 5.32 Å². The van der Waals surface area contributed by atoms with Crippen molar-refractivity contribution in [3.05, 3.63) is 15.6 Å². The third-order valence-electron chi connectivity index (χ3n) is 2.27. The number of rotatable bonds is 4. The monoisotopic (exact) mass is 240 g/mol. The van der Waals surface area contributed by atoms with E-state index < -0.39 is 0 Å². The summed E-state index contributed by atoms with van der Waals surface area (Å²) in [6.45, 7) is 14.1. The summed E-state index contributed by atoms with van der Waals surface area (Å²) in [5.41, 5.74) is 1.46. The summed E-state index contributed by atoms with van der Waals surface area (Å²) < 4.78 is 0. The number of nitrogens with zero attached hydrogens (tertiary/aromatic N) is 1. The lowest BCUT2D eigenvalue weighted by atomic mass is 10.1. The van der Waals surface area contributed by atoms with E-state index in [9.17, 15) is 0 Å². The van der Waals surface area contributed by atoms with Gasteiger partial charge in [-0.05, 0) is 40.0 Å². The maximum absolute atomic E-state index is 4.63. The van der Waals surface area contributed by atoms with E-state index in [1.807, 2.05) is 11.3 Å². The predicted molar refractivity (Wildman–Crippen MR) is 72.0 cm³/mol. The van der Waals surface area contributed by atoms with Gasteiger partial charge in [-0.2, -0.15) is 0 Å². The molecule has 92 valence electrons. The fourth-order valence-corrected chi connectivity index (χ4v) is 2.45. The van der Waals surface area contributed by atoms with Crippen LogP contribution in [0.5, 0.6) is 0 Å². The van der Waals surface area contributed by atoms with Crippen LogP contribution < -0.4 is 5.32 Å². The second-order valence-corrected chi connectivity index (χ2v) is 7.09. The highest BCUT2D eigenvalue weighted by atomic mass is 32.1. The summed E-state index contributed by atoms with van der Waals surface area (Å²) in [5, 5.41) is 4.72. The van der Waals surface area contributed by atoms with Gasteiger partial charge in [-0.1, -0.05) is 13.8 Å². The van der Waals surface area contributed by atoms with Crippen LogP contribution in [0.25, 0.3) is 0 Å². The van der Waals surface area contributed by atoms with Crippen molar-refractivity contribution in [3.8, 4) is 0 Å². The molecule has 0 saturated carbocycles. The second-order valence-electron chi connectivity index (χ2n) is 5.80. The minimum Gasteiger partial charge on any atom is -0.307 e. The average Bonchev–Trinajstić information content (AvgIpc) is 2.40. The first kappa shape index (κ1) is 13.7. The van der Waals surface area contributed by atoms with Crippen LogP contribution in [-0.2, 0) is 13.0 Å². The van der Waals surface area contributed by atoms with E-state index in [-0.39, 0.29) is 5.54 Å². The number of thiazole rings is 1. The number of aryl methyl sites for hydroxylation is 1. The van der Waals surface area contributed by atoms with Crippen molar-refractivity contribution in [2.45, 2.75) is 60.0 Å². The standard InChI is InChI=1S/C13H24N2S/c1-9(2)7-11-12(16-10(3)15-11)8-14-13(4,5)6/h9,14H,7-8H2,1-6H3. The Labute approximate surface area is 103 Å². The lowest BCUT2D eigenvalue weighted by Gasteiger charge is -2.20. The predicted octanol–water partition coefficient (Wildman–Crippen LogP) is 3.54. The molecule has 0 bridgehead atoms. The molecular formula is C13H24N2S. The van der Waals surface area contributed by atoms with Gasteiger partial charge in [0.1, 0.15) is 0 Å². The van der Waals surface area contributed by atoms with Gasteiger partial charge >= 0.3 is 0 Å². The molecule has 0 spiro atoms. The fraction of sp³-hybridized carbons (Fsp3) is 0.769. The fourth-order valence-electron chi connectivity index (χ4n) is 1.54. The molecule has 0 radical (unpaired) electrons. The van der Waals surface area contributed by atoms with Gasteiger partial charge in [0.05, 0.1) is 10.7 Å². The molecule has 1 heterocycles. The molecule has 1 rings (SSSR count). The van der Waals surface area contributed by atoms with Gasteiger partial charge in [0, 0.05) is 17.0 Å². The molecule has 1 aromatic heterocycles. The molecule has 0 unspecified atom stereocenters. The van der Waals surface area contributed by atoms with Crippen molar-refractivity contribution in [1.29, 1.82) is 0 Å². The molecular weight excluding hydrogens is 216 g/mol. The molecule has 16 heavy (non-hydrogen) atoms. The van der Waals surface area contributed by atoms with Gasteiger partial charge in [-0.25, -0.2) is 4.98 Å². The summed E-state index contributed by atoms with van der Waals surface area (Å²) in [7, 11) is 0. The Morgan fingerprint density at radius 3 is 2.44 bits per heavy atom. The molecule has 0 atom stereocenters. The highest BCUT2D eigenvalue weighted by Crippen LogP contribution is 2.21. The maximum atomic E-state index is 4.63. The average molecular weight is 240 g/mol. The smallest absolute Gasteiger partial charge is 0.0900 e. The van der Waals surface area contributed by atoms with Crippen LogP contribution in [0.4, 0.5) is 0 Å². The highest BCUT2D eigenvalue weighted by molar-refractivity contribution is 7.11. The van der Waals surface area contributed by atoms with Gasteiger partial charge in [0.25, 0.3) is 0 Å². The molecule has 0 amide bonds. The zero-order chi connectivity index (χ0) is 12.3. The van der Waals surface area contributed by atoms with E-state index in [1.165, 1.54) is 15.6 Å². The normalized spacial score (nSPS) is 12.4. The van der Waals surface area contributed by atoms with Crippen LogP contribution >= 0.6 is 11.3 Å². The number of hydrogen-bond donors (Lipinski definition) is 1. The van der Waals surface area contributed by atoms with Crippen molar-refractivity contribution in [1.82, 2.24) is 10.3 Å². The van der Waals surface area contributed by atoms with Crippen LogP contribution in [-0.4, -0.2) is 10.5 Å². The quantitative estimate of drug-likeness (QED) is 0.870. The second kappa shape index (κ2) is 5.28. The molecule has 1 aromatic rings. The van der Waals surface area contributed by atoms with E-state index in [0.29, 0.717) is 5.92 Å². The summed E-state index contributed by atoms with van der Waals surface area (Å²) in [6, 6.07) is 0. The Bertz CT molecular complexity index is 334. The molecule has 3 heteroatoms. The summed E-state index contributed by atoms with van der Waals surface area (Å²) in [5.74, 6) is 0.676. The minimum atomic E-state index is 0.174. The Morgan fingerprint density at radius 1 is 1.31 bits per heavy atom. The molecule has 0 aliphatic heterocycles. The molecule has 0 aliphatic rings. The first-order chi connectivity index (χ1) is 7.28. The van der Waals surface area contributed by atoms with E-state index in [1.54, 1.807) is 0 Å². The van der Waals surface area contributed by atoms with Crippen LogP contribution in [0.2, 0.25) is 0 Å². The van der Waals surface area contributed by atoms with Crippen LogP contribution in [0.3, 0.4) is 0 Å². The van der Waals surface area contributed by atoms with Gasteiger partial charge in [-0.3, -0.25) is 0 Å². The molecule has 2 nitrogen and oxygen atoms in total. The Balaban J connectivity index is 2.71. The van der Waals surface area contributed by atoms with Crippen molar-refractivity contribution in [2.75, 3.05) is 0 Å². The zero-order valence-corrected chi connectivity index (χ0v) is 12.2. The number of hydrogen-bond acceptors (Lipinski definition) is 3. The summed E-state index contributed by atoms with van der Waals surface area (Å²) in [6.07, 6.45) is 1.09. The van der Waals surface area contributed by atoms with Crippen molar-refractivity contribution in [3.63, 3.8) is 0 Å². The third-order valence-corrected chi connectivity index (χ3v) is 3.28. The zero-order valence-electron chi connectivity index (χ0n) is 11.3. The molecule has 1 N–H and O–H groups in total. The summed E-state index contributed by atoms with van der Waals surface area (Å²) in [4.78, 5) is 6.03. The van der Waals surface area contributed by atoms with E-state index in [4.69, 9.17) is 0 Å². The summed E-state index contributed by atoms with van der Waals surface area (Å²) >= 11 is 1.82. The first-order valence-electron chi connectivity index (χ1n) is 5.98.